The Labute approximate surface area is 105 Å². The molecule has 6 nitrogen and oxygen atoms in total. The van der Waals surface area contributed by atoms with E-state index in [-0.39, 0.29) is 24.0 Å². The van der Waals surface area contributed by atoms with Crippen molar-refractivity contribution >= 4 is 11.8 Å². The average Bonchev–Trinajstić information content (AvgIpc) is 2.68. The van der Waals surface area contributed by atoms with Gasteiger partial charge in [0, 0.05) is 25.8 Å². The monoisotopic (exact) mass is 252 g/mol. The van der Waals surface area contributed by atoms with Crippen LogP contribution in [0.15, 0.2) is 18.3 Å². The molecule has 0 radical (unpaired) electrons. The average molecular weight is 252 g/mol. The van der Waals surface area contributed by atoms with Gasteiger partial charge in [0.2, 0.25) is 0 Å². The van der Waals surface area contributed by atoms with Crippen LogP contribution in [0, 0.1) is 0 Å². The molecule has 1 saturated heterocycles. The van der Waals surface area contributed by atoms with Gasteiger partial charge in [-0.25, -0.2) is 9.78 Å². The Balaban J connectivity index is 2.09. The molecule has 6 heteroatoms. The minimum atomic E-state index is -1.05. The zero-order valence-corrected chi connectivity index (χ0v) is 10.1. The summed E-state index contributed by atoms with van der Waals surface area (Å²) >= 11 is 0. The lowest BCUT2D eigenvalue weighted by Gasteiger charge is -2.26. The first kappa shape index (κ1) is 12.8. The number of carboxylic acid groups (broad SMARTS) is 1. The van der Waals surface area contributed by atoms with Crippen LogP contribution in [0.25, 0.3) is 0 Å². The number of aromatic carboxylic acids is 1. The van der Waals surface area contributed by atoms with Crippen LogP contribution in [0.2, 0.25) is 0 Å². The molecule has 1 aliphatic heterocycles. The third-order valence-corrected chi connectivity index (χ3v) is 3.26. The maximum absolute atomic E-state index is 11.0. The molecule has 1 fully saturated rings. The molecule has 3 N–H and O–H groups in total. The molecular weight excluding hydrogens is 236 g/mol. The number of carbonyl (C=O) groups is 1. The van der Waals surface area contributed by atoms with E-state index in [1.807, 2.05) is 0 Å². The fourth-order valence-corrected chi connectivity index (χ4v) is 1.96. The topological polar surface area (TPSA) is 91.7 Å². The molecule has 1 aromatic heterocycles. The number of carboxylic acids is 1. The summed E-state index contributed by atoms with van der Waals surface area (Å²) < 4.78 is 5.31. The predicted molar refractivity (Wildman–Crippen MR) is 64.7 cm³/mol. The number of pyridine rings is 1. The lowest BCUT2D eigenvalue weighted by Crippen LogP contribution is -2.43. The molecule has 0 saturated carbocycles. The molecule has 1 aromatic rings. The number of anilines is 1. The number of nitrogens with one attached hydrogen (secondary N) is 1. The number of aromatic nitrogens is 1. The van der Waals surface area contributed by atoms with E-state index < -0.39 is 11.6 Å². The number of aliphatic hydroxyl groups is 1. The SMILES string of the molecule is CC1OCCC1(O)CNc1ncccc1C(=O)O. The first-order chi connectivity index (χ1) is 8.53. The van der Waals surface area contributed by atoms with Crippen LogP contribution in [0.1, 0.15) is 23.7 Å². The third kappa shape index (κ3) is 2.44. The summed E-state index contributed by atoms with van der Waals surface area (Å²) in [4.78, 5) is 15.0. The van der Waals surface area contributed by atoms with E-state index in [1.165, 1.54) is 12.3 Å². The van der Waals surface area contributed by atoms with Crippen LogP contribution in [0.5, 0.6) is 0 Å². The van der Waals surface area contributed by atoms with Gasteiger partial charge in [0.25, 0.3) is 0 Å². The number of hydrogen-bond acceptors (Lipinski definition) is 5. The largest absolute Gasteiger partial charge is 0.478 e. The molecule has 2 unspecified atom stereocenters. The van der Waals surface area contributed by atoms with Crippen molar-refractivity contribution in [2.75, 3.05) is 18.5 Å². The molecule has 1 aliphatic rings. The maximum atomic E-state index is 11.0. The van der Waals surface area contributed by atoms with E-state index >= 15 is 0 Å². The summed E-state index contributed by atoms with van der Waals surface area (Å²) in [7, 11) is 0. The summed E-state index contributed by atoms with van der Waals surface area (Å²) in [6.45, 7) is 2.52. The van der Waals surface area contributed by atoms with E-state index in [0.29, 0.717) is 13.0 Å². The molecule has 98 valence electrons. The van der Waals surface area contributed by atoms with E-state index in [0.717, 1.165) is 0 Å². The summed E-state index contributed by atoms with van der Waals surface area (Å²) in [5.41, 5.74) is -0.888. The Hall–Kier alpha value is -1.66. The summed E-state index contributed by atoms with van der Waals surface area (Å²) in [6.07, 6.45) is 1.76. The zero-order valence-electron chi connectivity index (χ0n) is 10.1. The molecule has 2 heterocycles. The van der Waals surface area contributed by atoms with Crippen LogP contribution in [-0.2, 0) is 4.74 Å². The maximum Gasteiger partial charge on any atom is 0.339 e. The Morgan fingerprint density at radius 1 is 1.72 bits per heavy atom. The smallest absolute Gasteiger partial charge is 0.339 e. The second-order valence-electron chi connectivity index (χ2n) is 4.42. The first-order valence-electron chi connectivity index (χ1n) is 5.79. The van der Waals surface area contributed by atoms with Crippen LogP contribution in [0.3, 0.4) is 0 Å². The number of ether oxygens (including phenoxy) is 1. The van der Waals surface area contributed by atoms with Gasteiger partial charge in [-0.2, -0.15) is 0 Å². The summed E-state index contributed by atoms with van der Waals surface area (Å²) in [6, 6.07) is 3.03. The Morgan fingerprint density at radius 3 is 3.11 bits per heavy atom. The zero-order chi connectivity index (χ0) is 13.2. The molecule has 0 aromatic carbocycles. The van der Waals surface area contributed by atoms with Crippen molar-refractivity contribution in [2.45, 2.75) is 25.0 Å². The third-order valence-electron chi connectivity index (χ3n) is 3.26. The van der Waals surface area contributed by atoms with E-state index in [1.54, 1.807) is 13.0 Å². The highest BCUT2D eigenvalue weighted by atomic mass is 16.5. The minimum absolute atomic E-state index is 0.0904. The van der Waals surface area contributed by atoms with E-state index in [9.17, 15) is 9.90 Å². The lowest BCUT2D eigenvalue weighted by molar-refractivity contribution is -0.0176. The first-order valence-corrected chi connectivity index (χ1v) is 5.79. The van der Waals surface area contributed by atoms with Crippen LogP contribution < -0.4 is 5.32 Å². The van der Waals surface area contributed by atoms with Gasteiger partial charge >= 0.3 is 5.97 Å². The fraction of sp³-hybridized carbons (Fsp3) is 0.500. The van der Waals surface area contributed by atoms with Crippen molar-refractivity contribution in [2.24, 2.45) is 0 Å². The molecule has 0 amide bonds. The van der Waals surface area contributed by atoms with Crippen molar-refractivity contribution in [1.82, 2.24) is 4.98 Å². The minimum Gasteiger partial charge on any atom is -0.478 e. The van der Waals surface area contributed by atoms with Crippen LogP contribution in [-0.4, -0.2) is 46.0 Å². The van der Waals surface area contributed by atoms with Gasteiger partial charge in [-0.05, 0) is 19.1 Å². The fourth-order valence-electron chi connectivity index (χ4n) is 1.96. The van der Waals surface area contributed by atoms with Crippen molar-refractivity contribution in [3.63, 3.8) is 0 Å². The summed E-state index contributed by atoms with van der Waals surface area (Å²) in [5.74, 6) is -0.786. The molecule has 0 bridgehead atoms. The van der Waals surface area contributed by atoms with Crippen molar-refractivity contribution in [3.05, 3.63) is 23.9 Å². The molecule has 2 rings (SSSR count). The highest BCUT2D eigenvalue weighted by Gasteiger charge is 2.39. The normalized spacial score (nSPS) is 27.1. The van der Waals surface area contributed by atoms with Gasteiger partial charge in [0.1, 0.15) is 17.0 Å². The molecule has 0 spiro atoms. The van der Waals surface area contributed by atoms with Gasteiger partial charge < -0.3 is 20.3 Å². The molecule has 2 atom stereocenters. The second kappa shape index (κ2) is 4.91. The lowest BCUT2D eigenvalue weighted by atomic mass is 9.97. The molecule has 0 aliphatic carbocycles. The highest BCUT2D eigenvalue weighted by Crippen LogP contribution is 2.26. The quantitative estimate of drug-likeness (QED) is 0.731. The predicted octanol–water partition coefficient (Wildman–Crippen LogP) is 0.732. The van der Waals surface area contributed by atoms with Crippen LogP contribution >= 0.6 is 0 Å². The highest BCUT2D eigenvalue weighted by molar-refractivity contribution is 5.92. The number of nitrogens with zero attached hydrogens (tertiary/aromatic N) is 1. The van der Waals surface area contributed by atoms with Gasteiger partial charge in [-0.1, -0.05) is 0 Å². The standard InChI is InChI=1S/C12H16N2O4/c1-8-12(17,4-6-18-8)7-14-10-9(11(15)16)3-2-5-13-10/h2-3,5,8,17H,4,6-7H2,1H3,(H,13,14)(H,15,16). The van der Waals surface area contributed by atoms with Crippen LogP contribution in [0.4, 0.5) is 5.82 Å². The van der Waals surface area contributed by atoms with E-state index in [4.69, 9.17) is 9.84 Å². The Bertz CT molecular complexity index is 451. The number of rotatable bonds is 4. The van der Waals surface area contributed by atoms with Crippen molar-refractivity contribution in [3.8, 4) is 0 Å². The van der Waals surface area contributed by atoms with E-state index in [2.05, 4.69) is 10.3 Å². The van der Waals surface area contributed by atoms with Gasteiger partial charge in [-0.3, -0.25) is 0 Å². The second-order valence-corrected chi connectivity index (χ2v) is 4.42. The van der Waals surface area contributed by atoms with Gasteiger partial charge in [0.05, 0.1) is 6.10 Å². The summed E-state index contributed by atoms with van der Waals surface area (Å²) in [5, 5.41) is 22.2. The molecular formula is C12H16N2O4. The van der Waals surface area contributed by atoms with Gasteiger partial charge in [-0.15, -0.1) is 0 Å². The Morgan fingerprint density at radius 2 is 2.50 bits per heavy atom. The number of hydrogen-bond donors (Lipinski definition) is 3. The molecule has 18 heavy (non-hydrogen) atoms. The van der Waals surface area contributed by atoms with Gasteiger partial charge in [0.15, 0.2) is 0 Å². The van der Waals surface area contributed by atoms with Crippen molar-refractivity contribution in [1.29, 1.82) is 0 Å². The Kier molecular flexibility index (Phi) is 3.49. The van der Waals surface area contributed by atoms with Crippen molar-refractivity contribution < 1.29 is 19.7 Å².